The van der Waals surface area contributed by atoms with E-state index < -0.39 is 10.0 Å². The van der Waals surface area contributed by atoms with Crippen LogP contribution in [0.25, 0.3) is 0 Å². The van der Waals surface area contributed by atoms with Crippen molar-refractivity contribution in [3.05, 3.63) is 71.1 Å². The lowest BCUT2D eigenvalue weighted by atomic mass is 10.1. The molecule has 2 N–H and O–H groups in total. The van der Waals surface area contributed by atoms with Crippen LogP contribution in [0.3, 0.4) is 0 Å². The maximum Gasteiger partial charge on any atom is 0.271 e. The fraction of sp³-hybridized carbons (Fsp3) is 0.105. The summed E-state index contributed by atoms with van der Waals surface area (Å²) in [5.74, 6) is 1.09. The molecule has 0 aliphatic carbocycles. The summed E-state index contributed by atoms with van der Waals surface area (Å²) >= 11 is 1.14. The molecule has 0 bridgehead atoms. The molecule has 9 heteroatoms. The number of carbonyl (C=O) groups is 1. The molecular formula is C19H16N2O5S2. The minimum Gasteiger partial charge on any atom is -0.454 e. The van der Waals surface area contributed by atoms with Gasteiger partial charge in [0.1, 0.15) is 4.21 Å². The number of benzene rings is 2. The predicted molar refractivity (Wildman–Crippen MR) is 105 cm³/mol. The van der Waals surface area contributed by atoms with Crippen molar-refractivity contribution in [2.24, 2.45) is 0 Å². The molecule has 0 fully saturated rings. The van der Waals surface area contributed by atoms with E-state index in [1.807, 2.05) is 12.1 Å². The first-order valence-corrected chi connectivity index (χ1v) is 10.7. The largest absolute Gasteiger partial charge is 0.454 e. The van der Waals surface area contributed by atoms with Crippen molar-refractivity contribution in [3.8, 4) is 11.5 Å². The molecule has 2 aromatic carbocycles. The minimum absolute atomic E-state index is 0.202. The van der Waals surface area contributed by atoms with Gasteiger partial charge in [-0.1, -0.05) is 12.1 Å². The van der Waals surface area contributed by atoms with Gasteiger partial charge in [0, 0.05) is 17.8 Å². The molecule has 144 valence electrons. The summed E-state index contributed by atoms with van der Waals surface area (Å²) in [6.07, 6.45) is 0. The Kier molecular flexibility index (Phi) is 4.93. The number of ether oxygens (including phenoxy) is 2. The molecule has 4 rings (SSSR count). The highest BCUT2D eigenvalue weighted by molar-refractivity contribution is 7.94. The number of hydrogen-bond donors (Lipinski definition) is 2. The molecule has 28 heavy (non-hydrogen) atoms. The summed E-state index contributed by atoms with van der Waals surface area (Å²) in [5.41, 5.74) is 1.71. The first kappa shape index (κ1) is 18.3. The molecule has 1 aliphatic heterocycles. The number of carbonyl (C=O) groups excluding carboxylic acids is 1. The third-order valence-corrected chi connectivity index (χ3v) is 6.83. The van der Waals surface area contributed by atoms with E-state index in [-0.39, 0.29) is 16.9 Å². The highest BCUT2D eigenvalue weighted by Gasteiger charge is 2.16. The van der Waals surface area contributed by atoms with Crippen molar-refractivity contribution < 1.29 is 22.7 Å². The topological polar surface area (TPSA) is 93.7 Å². The van der Waals surface area contributed by atoms with Gasteiger partial charge in [-0.15, -0.1) is 11.3 Å². The summed E-state index contributed by atoms with van der Waals surface area (Å²) in [7, 11) is -3.61. The molecular weight excluding hydrogens is 400 g/mol. The Morgan fingerprint density at radius 2 is 1.82 bits per heavy atom. The SMILES string of the molecule is O=C(NCc1ccc2c(c1)OCO2)c1ccc(NS(=O)(=O)c2cccs2)cc1. The number of hydrogen-bond acceptors (Lipinski definition) is 6. The zero-order chi connectivity index (χ0) is 19.6. The second-order valence-electron chi connectivity index (χ2n) is 5.99. The van der Waals surface area contributed by atoms with E-state index in [9.17, 15) is 13.2 Å². The Morgan fingerprint density at radius 1 is 1.04 bits per heavy atom. The maximum absolute atomic E-state index is 12.3. The Labute approximate surface area is 166 Å². The van der Waals surface area contributed by atoms with Crippen molar-refractivity contribution >= 4 is 33.0 Å². The molecule has 7 nitrogen and oxygen atoms in total. The van der Waals surface area contributed by atoms with Crippen LogP contribution in [0.5, 0.6) is 11.5 Å². The van der Waals surface area contributed by atoms with Crippen molar-refractivity contribution in [2.45, 2.75) is 10.8 Å². The number of amides is 1. The average Bonchev–Trinajstić information content (AvgIpc) is 3.38. The smallest absolute Gasteiger partial charge is 0.271 e. The molecule has 1 amide bonds. The van der Waals surface area contributed by atoms with E-state index in [1.165, 1.54) is 6.07 Å². The molecule has 3 aromatic rings. The Bertz CT molecular complexity index is 1090. The Morgan fingerprint density at radius 3 is 2.57 bits per heavy atom. The first-order valence-electron chi connectivity index (χ1n) is 8.34. The summed E-state index contributed by atoms with van der Waals surface area (Å²) < 4.78 is 37.8. The fourth-order valence-corrected chi connectivity index (χ4v) is 4.70. The number of nitrogens with one attached hydrogen (secondary N) is 2. The van der Waals surface area contributed by atoms with Gasteiger partial charge >= 0.3 is 0 Å². The summed E-state index contributed by atoms with van der Waals surface area (Å²) in [4.78, 5) is 12.3. The lowest BCUT2D eigenvalue weighted by Gasteiger charge is -2.09. The minimum atomic E-state index is -3.61. The van der Waals surface area contributed by atoms with E-state index in [1.54, 1.807) is 41.8 Å². The van der Waals surface area contributed by atoms with Crippen LogP contribution in [-0.4, -0.2) is 21.1 Å². The summed E-state index contributed by atoms with van der Waals surface area (Å²) in [5, 5.41) is 4.52. The zero-order valence-electron chi connectivity index (χ0n) is 14.5. The van der Waals surface area contributed by atoms with Crippen LogP contribution in [0.15, 0.2) is 64.2 Å². The number of rotatable bonds is 6. The quantitative estimate of drug-likeness (QED) is 0.644. The number of anilines is 1. The highest BCUT2D eigenvalue weighted by Crippen LogP contribution is 2.32. The number of thiophene rings is 1. The van der Waals surface area contributed by atoms with Gasteiger partial charge < -0.3 is 14.8 Å². The van der Waals surface area contributed by atoms with Gasteiger partial charge in [0.25, 0.3) is 15.9 Å². The van der Waals surface area contributed by atoms with E-state index >= 15 is 0 Å². The van der Waals surface area contributed by atoms with Gasteiger partial charge in [0.2, 0.25) is 6.79 Å². The van der Waals surface area contributed by atoms with Crippen LogP contribution < -0.4 is 19.5 Å². The lowest BCUT2D eigenvalue weighted by molar-refractivity contribution is 0.0951. The van der Waals surface area contributed by atoms with Gasteiger partial charge in [-0.2, -0.15) is 0 Å². The molecule has 0 unspecified atom stereocenters. The Balaban J connectivity index is 1.37. The van der Waals surface area contributed by atoms with Gasteiger partial charge in [-0.25, -0.2) is 8.42 Å². The standard InChI is InChI=1S/C19H16N2O5S2/c22-19(20-11-13-3-8-16-17(10-13)26-12-25-16)14-4-6-15(7-5-14)21-28(23,24)18-2-1-9-27-18/h1-10,21H,11-12H2,(H,20,22). The summed E-state index contributed by atoms with van der Waals surface area (Å²) in [6.45, 7) is 0.538. The van der Waals surface area contributed by atoms with Crippen LogP contribution >= 0.6 is 11.3 Å². The van der Waals surface area contributed by atoms with Gasteiger partial charge in [0.15, 0.2) is 11.5 Å². The van der Waals surface area contributed by atoms with Crippen molar-refractivity contribution in [3.63, 3.8) is 0 Å². The van der Waals surface area contributed by atoms with Crippen molar-refractivity contribution in [1.29, 1.82) is 0 Å². The third kappa shape index (κ3) is 3.95. The van der Waals surface area contributed by atoms with Gasteiger partial charge in [-0.3, -0.25) is 9.52 Å². The third-order valence-electron chi connectivity index (χ3n) is 4.05. The van der Waals surface area contributed by atoms with Crippen molar-refractivity contribution in [1.82, 2.24) is 5.32 Å². The van der Waals surface area contributed by atoms with E-state index in [0.717, 1.165) is 16.9 Å². The molecule has 1 aliphatic rings. The van der Waals surface area contributed by atoms with E-state index in [0.29, 0.717) is 29.3 Å². The second-order valence-corrected chi connectivity index (χ2v) is 8.84. The maximum atomic E-state index is 12.3. The lowest BCUT2D eigenvalue weighted by Crippen LogP contribution is -2.22. The van der Waals surface area contributed by atoms with Crippen molar-refractivity contribution in [2.75, 3.05) is 11.5 Å². The molecule has 0 saturated carbocycles. The fourth-order valence-electron chi connectivity index (χ4n) is 2.65. The zero-order valence-corrected chi connectivity index (χ0v) is 16.2. The second kappa shape index (κ2) is 7.53. The van der Waals surface area contributed by atoms with Gasteiger partial charge in [-0.05, 0) is 53.4 Å². The first-order chi connectivity index (χ1) is 13.5. The van der Waals surface area contributed by atoms with Crippen LogP contribution in [-0.2, 0) is 16.6 Å². The van der Waals surface area contributed by atoms with Crippen LogP contribution in [0, 0.1) is 0 Å². The number of fused-ring (bicyclic) bond motifs is 1. The molecule has 0 atom stereocenters. The normalized spacial score (nSPS) is 12.6. The number of sulfonamides is 1. The van der Waals surface area contributed by atoms with Crippen LogP contribution in [0.1, 0.15) is 15.9 Å². The van der Waals surface area contributed by atoms with Crippen LogP contribution in [0.4, 0.5) is 5.69 Å². The molecule has 0 saturated heterocycles. The molecule has 0 spiro atoms. The molecule has 1 aromatic heterocycles. The molecule has 2 heterocycles. The Hall–Kier alpha value is -3.04. The average molecular weight is 416 g/mol. The highest BCUT2D eigenvalue weighted by atomic mass is 32.2. The van der Waals surface area contributed by atoms with E-state index in [2.05, 4.69) is 10.0 Å². The van der Waals surface area contributed by atoms with Crippen LogP contribution in [0.2, 0.25) is 0 Å². The molecule has 0 radical (unpaired) electrons. The predicted octanol–water partition coefficient (Wildman–Crippen LogP) is 3.21. The summed E-state index contributed by atoms with van der Waals surface area (Å²) in [6, 6.07) is 14.9. The monoisotopic (exact) mass is 416 g/mol. The van der Waals surface area contributed by atoms with E-state index in [4.69, 9.17) is 9.47 Å². The van der Waals surface area contributed by atoms with Gasteiger partial charge in [0.05, 0.1) is 0 Å².